The average molecular weight is 247 g/mol. The van der Waals surface area contributed by atoms with Crippen molar-refractivity contribution in [3.05, 3.63) is 24.0 Å². The van der Waals surface area contributed by atoms with Crippen LogP contribution in [0.1, 0.15) is 5.56 Å². The van der Waals surface area contributed by atoms with Crippen LogP contribution in [0.4, 0.5) is 18.9 Å². The number of alkyl halides is 3. The van der Waals surface area contributed by atoms with Gasteiger partial charge < -0.3 is 10.6 Å². The Kier molecular flexibility index (Phi) is 4.45. The summed E-state index contributed by atoms with van der Waals surface area (Å²) >= 11 is 0. The second-order valence-electron chi connectivity index (χ2n) is 3.46. The van der Waals surface area contributed by atoms with Crippen LogP contribution in [0.25, 0.3) is 0 Å². The fourth-order valence-corrected chi connectivity index (χ4v) is 1.11. The van der Waals surface area contributed by atoms with Crippen molar-refractivity contribution in [2.75, 3.05) is 18.4 Å². The van der Waals surface area contributed by atoms with Crippen LogP contribution in [0, 0.1) is 6.92 Å². The van der Waals surface area contributed by atoms with Gasteiger partial charge in [-0.05, 0) is 18.6 Å². The Labute approximate surface area is 96.2 Å². The standard InChI is InChI=1S/C10H12F3N3O/c1-7-2-3-14-4-8(7)16-9(17)5-15-6-10(11,12)13/h2-4,15H,5-6H2,1H3,(H,16,17). The second kappa shape index (κ2) is 5.62. The molecule has 2 N–H and O–H groups in total. The van der Waals surface area contributed by atoms with Crippen LogP contribution >= 0.6 is 0 Å². The van der Waals surface area contributed by atoms with Gasteiger partial charge in [-0.2, -0.15) is 13.2 Å². The molecule has 4 nitrogen and oxygen atoms in total. The van der Waals surface area contributed by atoms with Gasteiger partial charge in [0.1, 0.15) is 0 Å². The summed E-state index contributed by atoms with van der Waals surface area (Å²) in [6.07, 6.45) is -1.31. The first-order valence-corrected chi connectivity index (χ1v) is 4.86. The quantitative estimate of drug-likeness (QED) is 0.847. The van der Waals surface area contributed by atoms with E-state index in [-0.39, 0.29) is 0 Å². The fraction of sp³-hybridized carbons (Fsp3) is 0.400. The third kappa shape index (κ3) is 5.30. The molecule has 0 saturated heterocycles. The minimum atomic E-state index is -4.31. The van der Waals surface area contributed by atoms with Crippen molar-refractivity contribution in [1.82, 2.24) is 10.3 Å². The smallest absolute Gasteiger partial charge is 0.323 e. The Balaban J connectivity index is 2.38. The number of carbonyl (C=O) groups excluding carboxylic acids is 1. The first-order valence-electron chi connectivity index (χ1n) is 4.86. The van der Waals surface area contributed by atoms with Gasteiger partial charge in [0.25, 0.3) is 0 Å². The van der Waals surface area contributed by atoms with E-state index in [9.17, 15) is 18.0 Å². The fourth-order valence-electron chi connectivity index (χ4n) is 1.11. The topological polar surface area (TPSA) is 54.0 Å². The summed E-state index contributed by atoms with van der Waals surface area (Å²) in [6.45, 7) is 0.181. The van der Waals surface area contributed by atoms with E-state index in [0.717, 1.165) is 5.56 Å². The summed E-state index contributed by atoms with van der Waals surface area (Å²) < 4.78 is 35.4. The maximum absolute atomic E-state index is 11.8. The third-order valence-corrected chi connectivity index (χ3v) is 1.92. The Morgan fingerprint density at radius 1 is 1.47 bits per heavy atom. The maximum Gasteiger partial charge on any atom is 0.401 e. The molecule has 0 atom stereocenters. The lowest BCUT2D eigenvalue weighted by molar-refractivity contribution is -0.126. The van der Waals surface area contributed by atoms with E-state index in [1.54, 1.807) is 19.2 Å². The molecule has 17 heavy (non-hydrogen) atoms. The van der Waals surface area contributed by atoms with Crippen molar-refractivity contribution >= 4 is 11.6 Å². The highest BCUT2D eigenvalue weighted by atomic mass is 19.4. The molecule has 0 aliphatic carbocycles. The number of carbonyl (C=O) groups is 1. The maximum atomic E-state index is 11.8. The van der Waals surface area contributed by atoms with Crippen LogP contribution in [0.2, 0.25) is 0 Å². The van der Waals surface area contributed by atoms with Crippen LogP contribution in [0.15, 0.2) is 18.5 Å². The number of halogens is 3. The molecule has 7 heteroatoms. The van der Waals surface area contributed by atoms with Gasteiger partial charge in [0, 0.05) is 6.20 Å². The molecule has 1 rings (SSSR count). The highest BCUT2D eigenvalue weighted by Gasteiger charge is 2.26. The molecule has 1 amide bonds. The van der Waals surface area contributed by atoms with E-state index < -0.39 is 25.2 Å². The van der Waals surface area contributed by atoms with E-state index in [0.29, 0.717) is 5.69 Å². The van der Waals surface area contributed by atoms with Crippen LogP contribution in [0.5, 0.6) is 0 Å². The summed E-state index contributed by atoms with van der Waals surface area (Å²) in [6, 6.07) is 1.69. The Morgan fingerprint density at radius 3 is 2.76 bits per heavy atom. The number of pyridine rings is 1. The monoisotopic (exact) mass is 247 g/mol. The van der Waals surface area contributed by atoms with Crippen LogP contribution in [0.3, 0.4) is 0 Å². The highest BCUT2D eigenvalue weighted by molar-refractivity contribution is 5.92. The van der Waals surface area contributed by atoms with Gasteiger partial charge in [0.15, 0.2) is 0 Å². The van der Waals surface area contributed by atoms with Crippen molar-refractivity contribution in [2.45, 2.75) is 13.1 Å². The number of amides is 1. The SMILES string of the molecule is Cc1ccncc1NC(=O)CNCC(F)(F)F. The van der Waals surface area contributed by atoms with E-state index in [4.69, 9.17) is 0 Å². The number of aryl methyl sites for hydroxylation is 1. The summed E-state index contributed by atoms with van der Waals surface area (Å²) in [5.41, 5.74) is 1.29. The van der Waals surface area contributed by atoms with Gasteiger partial charge in [0.05, 0.1) is 25.0 Å². The van der Waals surface area contributed by atoms with E-state index in [1.165, 1.54) is 6.20 Å². The third-order valence-electron chi connectivity index (χ3n) is 1.92. The normalized spacial score (nSPS) is 11.3. The first-order chi connectivity index (χ1) is 7.88. The van der Waals surface area contributed by atoms with Gasteiger partial charge in [-0.25, -0.2) is 0 Å². The predicted molar refractivity (Wildman–Crippen MR) is 56.5 cm³/mol. The molecule has 0 unspecified atom stereocenters. The zero-order valence-electron chi connectivity index (χ0n) is 9.14. The molecule has 0 aliphatic rings. The van der Waals surface area contributed by atoms with Crippen molar-refractivity contribution in [2.24, 2.45) is 0 Å². The zero-order chi connectivity index (χ0) is 12.9. The molecule has 0 aromatic carbocycles. The lowest BCUT2D eigenvalue weighted by atomic mass is 10.2. The number of nitrogens with zero attached hydrogens (tertiary/aromatic N) is 1. The molecule has 0 spiro atoms. The number of hydrogen-bond acceptors (Lipinski definition) is 3. The van der Waals surface area contributed by atoms with E-state index in [1.807, 2.05) is 5.32 Å². The highest BCUT2D eigenvalue weighted by Crippen LogP contribution is 2.12. The van der Waals surface area contributed by atoms with Gasteiger partial charge in [-0.15, -0.1) is 0 Å². The number of hydrogen-bond donors (Lipinski definition) is 2. The Hall–Kier alpha value is -1.63. The molecule has 1 aromatic heterocycles. The molecule has 0 aliphatic heterocycles. The van der Waals surface area contributed by atoms with Crippen molar-refractivity contribution in [3.8, 4) is 0 Å². The van der Waals surface area contributed by atoms with Crippen molar-refractivity contribution < 1.29 is 18.0 Å². The van der Waals surface area contributed by atoms with Gasteiger partial charge in [0.2, 0.25) is 5.91 Å². The summed E-state index contributed by atoms with van der Waals surface area (Å²) in [7, 11) is 0. The molecule has 94 valence electrons. The summed E-state index contributed by atoms with van der Waals surface area (Å²) in [5, 5.41) is 4.47. The molecule has 0 saturated carbocycles. The average Bonchev–Trinajstić information content (AvgIpc) is 2.19. The Morgan fingerprint density at radius 2 is 2.18 bits per heavy atom. The van der Waals surface area contributed by atoms with Gasteiger partial charge in [-0.3, -0.25) is 9.78 Å². The number of nitrogens with one attached hydrogen (secondary N) is 2. The van der Waals surface area contributed by atoms with E-state index in [2.05, 4.69) is 10.3 Å². The Bertz CT molecular complexity index is 393. The minimum Gasteiger partial charge on any atom is -0.323 e. The number of anilines is 1. The summed E-state index contributed by atoms with van der Waals surface area (Å²) in [5.74, 6) is -0.537. The van der Waals surface area contributed by atoms with E-state index >= 15 is 0 Å². The van der Waals surface area contributed by atoms with Gasteiger partial charge >= 0.3 is 6.18 Å². The molecule has 0 radical (unpaired) electrons. The molecular formula is C10H12F3N3O. The zero-order valence-corrected chi connectivity index (χ0v) is 9.14. The molecule has 1 aromatic rings. The molecular weight excluding hydrogens is 235 g/mol. The molecule has 0 bridgehead atoms. The second-order valence-corrected chi connectivity index (χ2v) is 3.46. The first kappa shape index (κ1) is 13.4. The minimum absolute atomic E-state index is 0.395. The van der Waals surface area contributed by atoms with Crippen molar-refractivity contribution in [3.63, 3.8) is 0 Å². The molecule has 1 heterocycles. The van der Waals surface area contributed by atoms with Crippen molar-refractivity contribution in [1.29, 1.82) is 0 Å². The largest absolute Gasteiger partial charge is 0.401 e. The summed E-state index contributed by atoms with van der Waals surface area (Å²) in [4.78, 5) is 15.1. The predicted octanol–water partition coefficient (Wildman–Crippen LogP) is 1.48. The van der Waals surface area contributed by atoms with Crippen LogP contribution in [-0.4, -0.2) is 30.2 Å². The lowest BCUT2D eigenvalue weighted by Crippen LogP contribution is -2.35. The van der Waals surface area contributed by atoms with Crippen LogP contribution < -0.4 is 10.6 Å². The van der Waals surface area contributed by atoms with Gasteiger partial charge in [-0.1, -0.05) is 0 Å². The lowest BCUT2D eigenvalue weighted by Gasteiger charge is -2.09. The van der Waals surface area contributed by atoms with Crippen LogP contribution in [-0.2, 0) is 4.79 Å². The number of aromatic nitrogens is 1. The molecule has 0 fully saturated rings. The number of rotatable bonds is 4.